The molecule has 0 radical (unpaired) electrons. The molecule has 0 spiro atoms. The Balaban J connectivity index is 1.61. The topological polar surface area (TPSA) is 44.1 Å². The van der Waals surface area contributed by atoms with Gasteiger partial charge in [0, 0.05) is 17.5 Å². The summed E-state index contributed by atoms with van der Waals surface area (Å²) in [6.45, 7) is 2.17. The monoisotopic (exact) mass is 334 g/mol. The quantitative estimate of drug-likeness (QED) is 0.819. The molecule has 4 aliphatic rings. The van der Waals surface area contributed by atoms with Gasteiger partial charge in [-0.2, -0.15) is 5.26 Å². The first-order valence-corrected chi connectivity index (χ1v) is 10.1. The van der Waals surface area contributed by atoms with Crippen molar-refractivity contribution in [2.24, 2.45) is 11.8 Å². The Morgan fingerprint density at radius 2 is 2.04 bits per heavy atom. The van der Waals surface area contributed by atoms with Crippen LogP contribution in [-0.2, 0) is 5.41 Å². The third-order valence-electron chi connectivity index (χ3n) is 7.65. The van der Waals surface area contributed by atoms with Crippen LogP contribution in [0.3, 0.4) is 0 Å². The van der Waals surface area contributed by atoms with Gasteiger partial charge in [-0.15, -0.1) is 0 Å². The molecule has 1 aliphatic heterocycles. The molecule has 3 nitrogen and oxygen atoms in total. The van der Waals surface area contributed by atoms with Gasteiger partial charge in [0.15, 0.2) is 5.78 Å². The molecule has 1 aromatic carbocycles. The second-order valence-corrected chi connectivity index (χ2v) is 8.73. The molecule has 1 aromatic rings. The number of piperidine rings is 1. The van der Waals surface area contributed by atoms with Crippen molar-refractivity contribution < 1.29 is 4.79 Å². The number of nitrogens with zero attached hydrogens (tertiary/aromatic N) is 2. The van der Waals surface area contributed by atoms with Crippen molar-refractivity contribution in [3.63, 3.8) is 0 Å². The normalized spacial score (nSPS) is 34.6. The number of ketones is 1. The molecule has 3 atom stereocenters. The molecule has 2 saturated carbocycles. The van der Waals surface area contributed by atoms with Gasteiger partial charge in [0.25, 0.3) is 0 Å². The van der Waals surface area contributed by atoms with Crippen molar-refractivity contribution in [1.82, 2.24) is 4.90 Å². The van der Waals surface area contributed by atoms with Crippen molar-refractivity contribution in [3.05, 3.63) is 34.9 Å². The molecule has 1 saturated heterocycles. The molecule has 2 bridgehead atoms. The minimum atomic E-state index is 0.0927. The summed E-state index contributed by atoms with van der Waals surface area (Å²) >= 11 is 0. The van der Waals surface area contributed by atoms with Crippen molar-refractivity contribution in [2.75, 3.05) is 13.1 Å². The van der Waals surface area contributed by atoms with Crippen LogP contribution in [0, 0.1) is 23.2 Å². The molecule has 0 N–H and O–H groups in total. The summed E-state index contributed by atoms with van der Waals surface area (Å²) in [7, 11) is 0. The number of Topliss-reactive ketones (excluding diaryl/α,β-unsaturated/α-hetero) is 1. The lowest BCUT2D eigenvalue weighted by molar-refractivity contribution is -0.0134. The molecule has 0 aromatic heterocycles. The number of hydrogen-bond acceptors (Lipinski definition) is 3. The van der Waals surface area contributed by atoms with E-state index in [0.29, 0.717) is 17.3 Å². The Hall–Kier alpha value is -1.66. The average Bonchev–Trinajstić information content (AvgIpc) is 2.62. The number of nitriles is 1. The zero-order valence-corrected chi connectivity index (χ0v) is 14.8. The maximum Gasteiger partial charge on any atom is 0.180 e. The molecular formula is C22H26N2O. The number of likely N-dealkylation sites (tertiary alicyclic amines) is 1. The molecule has 2 unspecified atom stereocenters. The maximum atomic E-state index is 13.5. The number of carbonyl (C=O) groups is 1. The van der Waals surface area contributed by atoms with Crippen molar-refractivity contribution >= 4 is 5.78 Å². The van der Waals surface area contributed by atoms with Crippen LogP contribution < -0.4 is 0 Å². The highest BCUT2D eigenvalue weighted by Gasteiger charge is 2.57. The van der Waals surface area contributed by atoms with Crippen LogP contribution in [0.2, 0.25) is 0 Å². The molecule has 0 amide bonds. The average molecular weight is 334 g/mol. The van der Waals surface area contributed by atoms with Crippen LogP contribution >= 0.6 is 0 Å². The van der Waals surface area contributed by atoms with E-state index >= 15 is 0 Å². The maximum absolute atomic E-state index is 13.5. The number of benzene rings is 1. The van der Waals surface area contributed by atoms with Gasteiger partial charge in [0.1, 0.15) is 0 Å². The van der Waals surface area contributed by atoms with Crippen molar-refractivity contribution in [3.8, 4) is 6.07 Å². The number of carbonyl (C=O) groups excluding carboxylic acids is 1. The third kappa shape index (κ3) is 2.16. The van der Waals surface area contributed by atoms with Crippen LogP contribution in [-0.4, -0.2) is 29.8 Å². The Morgan fingerprint density at radius 3 is 2.80 bits per heavy atom. The fraction of sp³-hybridized carbons (Fsp3) is 0.636. The molecule has 25 heavy (non-hydrogen) atoms. The first kappa shape index (κ1) is 15.6. The van der Waals surface area contributed by atoms with Gasteiger partial charge < -0.3 is 0 Å². The van der Waals surface area contributed by atoms with Crippen molar-refractivity contribution in [2.45, 2.75) is 62.8 Å². The summed E-state index contributed by atoms with van der Waals surface area (Å²) in [5, 5.41) is 9.36. The summed E-state index contributed by atoms with van der Waals surface area (Å²) in [5.74, 6) is 1.61. The first-order valence-electron chi connectivity index (χ1n) is 10.1. The smallest absolute Gasteiger partial charge is 0.180 e. The highest BCUT2D eigenvalue weighted by molar-refractivity contribution is 6.03. The fourth-order valence-corrected chi connectivity index (χ4v) is 6.20. The lowest BCUT2D eigenvalue weighted by atomic mass is 9.52. The van der Waals surface area contributed by atoms with E-state index in [1.165, 1.54) is 50.5 Å². The predicted octanol–water partition coefficient (Wildman–Crippen LogP) is 4.06. The summed E-state index contributed by atoms with van der Waals surface area (Å²) in [5.41, 5.74) is 2.98. The van der Waals surface area contributed by atoms with Gasteiger partial charge in [-0.1, -0.05) is 19.3 Å². The Morgan fingerprint density at radius 1 is 1.16 bits per heavy atom. The van der Waals surface area contributed by atoms with Gasteiger partial charge >= 0.3 is 0 Å². The molecule has 3 fully saturated rings. The fourth-order valence-electron chi connectivity index (χ4n) is 6.20. The van der Waals surface area contributed by atoms with E-state index < -0.39 is 0 Å². The van der Waals surface area contributed by atoms with Gasteiger partial charge in [-0.3, -0.25) is 9.69 Å². The number of rotatable bonds is 2. The minimum absolute atomic E-state index is 0.0927. The molecule has 5 rings (SSSR count). The van der Waals surface area contributed by atoms with Gasteiger partial charge in [-0.05, 0) is 74.2 Å². The molecular weight excluding hydrogens is 308 g/mol. The van der Waals surface area contributed by atoms with E-state index in [9.17, 15) is 10.1 Å². The lowest BCUT2D eigenvalue weighted by Crippen LogP contribution is -2.64. The summed E-state index contributed by atoms with van der Waals surface area (Å²) in [6, 6.07) is 8.21. The van der Waals surface area contributed by atoms with E-state index in [0.717, 1.165) is 31.0 Å². The van der Waals surface area contributed by atoms with Crippen molar-refractivity contribution in [1.29, 1.82) is 5.26 Å². The molecule has 3 heteroatoms. The number of hydrogen-bond donors (Lipinski definition) is 0. The summed E-state index contributed by atoms with van der Waals surface area (Å²) in [4.78, 5) is 16.0. The van der Waals surface area contributed by atoms with Crippen LogP contribution in [0.1, 0.15) is 72.9 Å². The van der Waals surface area contributed by atoms with E-state index in [4.69, 9.17) is 0 Å². The van der Waals surface area contributed by atoms with E-state index in [1.54, 1.807) is 0 Å². The SMILES string of the molecule is N#Cc1ccc2c(c1)[C@@]13CCCCC1C(C2=O)N(CC1CCC1)CC3. The Kier molecular flexibility index (Phi) is 3.54. The second-order valence-electron chi connectivity index (χ2n) is 8.73. The van der Waals surface area contributed by atoms with E-state index in [1.807, 2.05) is 18.2 Å². The lowest BCUT2D eigenvalue weighted by Gasteiger charge is -2.58. The highest BCUT2D eigenvalue weighted by Crippen LogP contribution is 2.56. The summed E-state index contributed by atoms with van der Waals surface area (Å²) in [6.07, 6.45) is 10.1. The van der Waals surface area contributed by atoms with Crippen LogP contribution in [0.4, 0.5) is 0 Å². The first-order chi connectivity index (χ1) is 12.2. The summed E-state index contributed by atoms with van der Waals surface area (Å²) < 4.78 is 0. The minimum Gasteiger partial charge on any atom is -0.293 e. The Labute approximate surface area is 150 Å². The van der Waals surface area contributed by atoms with Gasteiger partial charge in [0.2, 0.25) is 0 Å². The van der Waals surface area contributed by atoms with Crippen LogP contribution in [0.5, 0.6) is 0 Å². The predicted molar refractivity (Wildman–Crippen MR) is 96.4 cm³/mol. The Bertz CT molecular complexity index is 760. The molecule has 130 valence electrons. The third-order valence-corrected chi connectivity index (χ3v) is 7.65. The van der Waals surface area contributed by atoms with E-state index in [2.05, 4.69) is 11.0 Å². The van der Waals surface area contributed by atoms with Gasteiger partial charge in [-0.25, -0.2) is 0 Å². The number of fused-ring (bicyclic) bond motifs is 1. The largest absolute Gasteiger partial charge is 0.293 e. The van der Waals surface area contributed by atoms with Gasteiger partial charge in [0.05, 0.1) is 17.7 Å². The zero-order chi connectivity index (χ0) is 17.0. The highest BCUT2D eigenvalue weighted by atomic mass is 16.1. The van der Waals surface area contributed by atoms with E-state index in [-0.39, 0.29) is 11.5 Å². The molecule has 3 aliphatic carbocycles. The standard InChI is InChI=1S/C22H26N2O/c23-13-16-7-8-17-19(12-16)22-9-2-1-6-18(22)20(21(17)25)24(11-10-22)14-15-4-3-5-15/h7-8,12,15,18,20H,1-6,9-11,14H2/t18?,20?,22-/m1/s1. The zero-order valence-electron chi connectivity index (χ0n) is 14.8. The van der Waals surface area contributed by atoms with Crippen LogP contribution in [0.25, 0.3) is 0 Å². The second kappa shape index (κ2) is 5.68. The van der Waals surface area contributed by atoms with Crippen LogP contribution in [0.15, 0.2) is 18.2 Å². The molecule has 1 heterocycles.